The van der Waals surface area contributed by atoms with E-state index in [1.807, 2.05) is 0 Å². The molecule has 0 aliphatic heterocycles. The number of hydrogen-bond donors (Lipinski definition) is 2. The smallest absolute Gasteiger partial charge is 0.280 e. The summed E-state index contributed by atoms with van der Waals surface area (Å²) in [6.07, 6.45) is 0. The summed E-state index contributed by atoms with van der Waals surface area (Å²) >= 11 is 12.1. The summed E-state index contributed by atoms with van der Waals surface area (Å²) in [4.78, 5) is 12.9. The van der Waals surface area contributed by atoms with E-state index >= 15 is 0 Å². The molecule has 1 amide bonds. The van der Waals surface area contributed by atoms with E-state index in [-0.39, 0.29) is 17.1 Å². The van der Waals surface area contributed by atoms with E-state index in [9.17, 15) is 9.90 Å². The number of amides is 1. The second-order valence-corrected chi connectivity index (χ2v) is 6.88. The normalized spacial score (nSPS) is 11.8. The lowest BCUT2D eigenvalue weighted by Gasteiger charge is -2.09. The standard InChI is InChI=1S/C22H17Cl2N3O3/c1-30-17-10-8-16(9-11-17)26-27-20(21(28)14-5-3-2-4-6-14)22(29)25-19-13-15(23)7-12-18(19)24/h2-13,28H,1H3,(H,25,29). The Morgan fingerprint density at radius 1 is 1.00 bits per heavy atom. The molecule has 0 aliphatic carbocycles. The van der Waals surface area contributed by atoms with Crippen molar-refractivity contribution in [1.29, 1.82) is 0 Å². The lowest BCUT2D eigenvalue weighted by Crippen LogP contribution is -2.15. The first-order chi connectivity index (χ1) is 14.5. The summed E-state index contributed by atoms with van der Waals surface area (Å²) in [6.45, 7) is 0. The number of aliphatic hydroxyl groups excluding tert-OH is 1. The zero-order valence-electron chi connectivity index (χ0n) is 15.8. The molecule has 30 heavy (non-hydrogen) atoms. The Bertz CT molecular complexity index is 1100. The summed E-state index contributed by atoms with van der Waals surface area (Å²) in [7, 11) is 1.56. The molecule has 2 N–H and O–H groups in total. The Hall–Kier alpha value is -3.35. The number of hydrogen-bond acceptors (Lipinski definition) is 5. The molecular formula is C22H17Cl2N3O3. The summed E-state index contributed by atoms with van der Waals surface area (Å²) in [6, 6.07) is 20.0. The minimum Gasteiger partial charge on any atom is -0.505 e. The van der Waals surface area contributed by atoms with Crippen molar-refractivity contribution < 1.29 is 14.6 Å². The Morgan fingerprint density at radius 2 is 1.70 bits per heavy atom. The van der Waals surface area contributed by atoms with Crippen LogP contribution in [0.5, 0.6) is 5.75 Å². The Kier molecular flexibility index (Phi) is 7.06. The molecule has 8 heteroatoms. The molecule has 3 aromatic carbocycles. The fraction of sp³-hybridized carbons (Fsp3) is 0.0455. The SMILES string of the molecule is COc1ccc(N=NC(C(=O)Nc2cc(Cl)ccc2Cl)=C(O)c2ccccc2)cc1. The van der Waals surface area contributed by atoms with Crippen molar-refractivity contribution in [3.63, 3.8) is 0 Å². The van der Waals surface area contributed by atoms with Gasteiger partial charge in [-0.25, -0.2) is 0 Å². The highest BCUT2D eigenvalue weighted by molar-refractivity contribution is 6.36. The van der Waals surface area contributed by atoms with Crippen molar-refractivity contribution in [1.82, 2.24) is 0 Å². The van der Waals surface area contributed by atoms with E-state index in [1.54, 1.807) is 73.8 Å². The second-order valence-electron chi connectivity index (χ2n) is 6.04. The number of halogens is 2. The first-order valence-electron chi connectivity index (χ1n) is 8.79. The average molecular weight is 442 g/mol. The first-order valence-corrected chi connectivity index (χ1v) is 9.54. The zero-order valence-corrected chi connectivity index (χ0v) is 17.4. The molecule has 0 bridgehead atoms. The van der Waals surface area contributed by atoms with E-state index in [1.165, 1.54) is 6.07 Å². The number of carbonyl (C=O) groups excluding carboxylic acids is 1. The quantitative estimate of drug-likeness (QED) is 0.255. The van der Waals surface area contributed by atoms with Crippen molar-refractivity contribution in [3.05, 3.63) is 94.1 Å². The Labute approximate surface area is 183 Å². The summed E-state index contributed by atoms with van der Waals surface area (Å²) in [5.74, 6) is -0.369. The van der Waals surface area contributed by atoms with Gasteiger partial charge >= 0.3 is 0 Å². The molecule has 0 unspecified atom stereocenters. The molecule has 0 aromatic heterocycles. The van der Waals surface area contributed by atoms with Gasteiger partial charge in [-0.3, -0.25) is 4.79 Å². The molecular weight excluding hydrogens is 425 g/mol. The molecule has 0 spiro atoms. The topological polar surface area (TPSA) is 83.3 Å². The fourth-order valence-corrected chi connectivity index (χ4v) is 2.80. The van der Waals surface area contributed by atoms with Crippen LogP contribution in [0.3, 0.4) is 0 Å². The van der Waals surface area contributed by atoms with E-state index in [2.05, 4.69) is 15.5 Å². The summed E-state index contributed by atoms with van der Waals surface area (Å²) in [5.41, 5.74) is 0.886. The first kappa shape index (κ1) is 21.4. The third-order valence-corrected chi connectivity index (χ3v) is 4.57. The molecule has 3 aromatic rings. The van der Waals surface area contributed by atoms with Gasteiger partial charge < -0.3 is 15.2 Å². The van der Waals surface area contributed by atoms with Crippen molar-refractivity contribution in [2.75, 3.05) is 12.4 Å². The highest BCUT2D eigenvalue weighted by atomic mass is 35.5. The van der Waals surface area contributed by atoms with Crippen LogP contribution in [0.4, 0.5) is 11.4 Å². The van der Waals surface area contributed by atoms with Gasteiger partial charge in [0.15, 0.2) is 11.5 Å². The van der Waals surface area contributed by atoms with Crippen LogP contribution in [0.1, 0.15) is 5.56 Å². The third-order valence-electron chi connectivity index (χ3n) is 4.00. The third kappa shape index (κ3) is 5.37. The Morgan fingerprint density at radius 3 is 2.37 bits per heavy atom. The van der Waals surface area contributed by atoms with Crippen LogP contribution in [0, 0.1) is 0 Å². The number of ether oxygens (including phenoxy) is 1. The number of nitrogens with one attached hydrogen (secondary N) is 1. The predicted molar refractivity (Wildman–Crippen MR) is 119 cm³/mol. The molecule has 0 saturated carbocycles. The lowest BCUT2D eigenvalue weighted by atomic mass is 10.1. The molecule has 0 heterocycles. The summed E-state index contributed by atoms with van der Waals surface area (Å²) < 4.78 is 5.11. The van der Waals surface area contributed by atoms with Crippen LogP contribution in [0.25, 0.3) is 5.76 Å². The number of benzene rings is 3. The molecule has 0 aliphatic rings. The number of anilines is 1. The molecule has 0 radical (unpaired) electrons. The molecule has 0 fully saturated rings. The van der Waals surface area contributed by atoms with E-state index in [0.29, 0.717) is 27.0 Å². The maximum atomic E-state index is 12.9. The molecule has 152 valence electrons. The number of aliphatic hydroxyl groups is 1. The van der Waals surface area contributed by atoms with Gasteiger partial charge in [0.25, 0.3) is 5.91 Å². The maximum Gasteiger partial charge on any atom is 0.280 e. The van der Waals surface area contributed by atoms with Crippen molar-refractivity contribution in [2.45, 2.75) is 0 Å². The van der Waals surface area contributed by atoms with E-state index < -0.39 is 5.91 Å². The van der Waals surface area contributed by atoms with Crippen molar-refractivity contribution in [2.24, 2.45) is 10.2 Å². The number of methoxy groups -OCH3 is 1. The number of rotatable bonds is 6. The van der Waals surface area contributed by atoms with Gasteiger partial charge in [0.1, 0.15) is 5.75 Å². The maximum absolute atomic E-state index is 12.9. The zero-order chi connectivity index (χ0) is 21.5. The number of carbonyl (C=O) groups is 1. The highest BCUT2D eigenvalue weighted by Gasteiger charge is 2.18. The highest BCUT2D eigenvalue weighted by Crippen LogP contribution is 2.27. The van der Waals surface area contributed by atoms with Gasteiger partial charge in [0.05, 0.1) is 23.5 Å². The average Bonchev–Trinajstić information content (AvgIpc) is 2.77. The molecule has 0 saturated heterocycles. The molecule has 6 nitrogen and oxygen atoms in total. The van der Waals surface area contributed by atoms with Gasteiger partial charge in [0.2, 0.25) is 0 Å². The minimum absolute atomic E-state index is 0.284. The number of nitrogens with zero attached hydrogens (tertiary/aromatic N) is 2. The van der Waals surface area contributed by atoms with Gasteiger partial charge in [-0.2, -0.15) is 5.11 Å². The van der Waals surface area contributed by atoms with E-state index in [4.69, 9.17) is 27.9 Å². The van der Waals surface area contributed by atoms with Crippen LogP contribution < -0.4 is 10.1 Å². The van der Waals surface area contributed by atoms with Crippen LogP contribution in [-0.2, 0) is 4.79 Å². The lowest BCUT2D eigenvalue weighted by molar-refractivity contribution is -0.112. The van der Waals surface area contributed by atoms with Crippen LogP contribution in [0.2, 0.25) is 10.0 Å². The van der Waals surface area contributed by atoms with Crippen molar-refractivity contribution >= 4 is 46.2 Å². The largest absolute Gasteiger partial charge is 0.505 e. The van der Waals surface area contributed by atoms with Gasteiger partial charge in [-0.1, -0.05) is 53.5 Å². The molecule has 3 rings (SSSR count). The Balaban J connectivity index is 1.97. The van der Waals surface area contributed by atoms with Crippen LogP contribution in [-0.4, -0.2) is 18.1 Å². The predicted octanol–water partition coefficient (Wildman–Crippen LogP) is 6.65. The van der Waals surface area contributed by atoms with Gasteiger partial charge in [0, 0.05) is 10.6 Å². The molecule has 0 atom stereocenters. The second kappa shape index (κ2) is 9.91. The fourth-order valence-electron chi connectivity index (χ4n) is 2.46. The number of azo groups is 1. The minimum atomic E-state index is -0.696. The van der Waals surface area contributed by atoms with Crippen molar-refractivity contribution in [3.8, 4) is 5.75 Å². The van der Waals surface area contributed by atoms with Gasteiger partial charge in [-0.15, -0.1) is 5.11 Å². The van der Waals surface area contributed by atoms with E-state index in [0.717, 1.165) is 0 Å². The summed E-state index contributed by atoms with van der Waals surface area (Å²) in [5, 5.41) is 22.1. The van der Waals surface area contributed by atoms with Crippen LogP contribution >= 0.6 is 23.2 Å². The van der Waals surface area contributed by atoms with Gasteiger partial charge in [-0.05, 0) is 42.5 Å². The van der Waals surface area contributed by atoms with Crippen LogP contribution in [0.15, 0.2) is 88.7 Å². The monoisotopic (exact) mass is 441 g/mol.